The molecule has 0 amide bonds. The first-order chi connectivity index (χ1) is 8.65. The van der Waals surface area contributed by atoms with Gasteiger partial charge in [0.15, 0.2) is 0 Å². The number of rotatable bonds is 4. The van der Waals surface area contributed by atoms with Crippen molar-refractivity contribution < 1.29 is 0 Å². The Morgan fingerprint density at radius 1 is 1.28 bits per heavy atom. The molecule has 2 rings (SSSR count). The highest BCUT2D eigenvalue weighted by atomic mass is 35.5. The monoisotopic (exact) mass is 264 g/mol. The van der Waals surface area contributed by atoms with Crippen LogP contribution in [-0.4, -0.2) is 19.7 Å². The average Bonchev–Trinajstić information content (AvgIpc) is 2.81. The highest BCUT2D eigenvalue weighted by molar-refractivity contribution is 6.30. The van der Waals surface area contributed by atoms with Crippen molar-refractivity contribution >= 4 is 11.6 Å². The van der Waals surface area contributed by atoms with E-state index in [1.54, 1.807) is 0 Å². The topological polar surface area (TPSA) is 43.6 Å². The quantitative estimate of drug-likeness (QED) is 0.796. The summed E-state index contributed by atoms with van der Waals surface area (Å²) in [5, 5.41) is 4.85. The maximum Gasteiger partial charge on any atom is 0.136 e. The second-order valence-electron chi connectivity index (χ2n) is 4.25. The van der Waals surface area contributed by atoms with Crippen molar-refractivity contribution in [3.8, 4) is 11.3 Å². The van der Waals surface area contributed by atoms with Gasteiger partial charge in [-0.3, -0.25) is 4.68 Å². The molecule has 0 aliphatic carbocycles. The summed E-state index contributed by atoms with van der Waals surface area (Å²) in [6.07, 6.45) is 5.68. The summed E-state index contributed by atoms with van der Waals surface area (Å²) < 4.78 is 1.93. The van der Waals surface area contributed by atoms with Gasteiger partial charge < -0.3 is 0 Å². The molecule has 0 saturated carbocycles. The molecule has 0 bridgehead atoms. The Balaban J connectivity index is 2.45. The van der Waals surface area contributed by atoms with E-state index in [4.69, 9.17) is 11.6 Å². The summed E-state index contributed by atoms with van der Waals surface area (Å²) in [6, 6.07) is 0. The number of hydrogen-bond donors (Lipinski definition) is 0. The molecule has 0 atom stereocenters. The van der Waals surface area contributed by atoms with Crippen molar-refractivity contribution in [2.75, 3.05) is 0 Å². The Labute approximate surface area is 112 Å². The zero-order valence-corrected chi connectivity index (χ0v) is 11.7. The molecule has 0 spiro atoms. The Bertz CT molecular complexity index is 548. The first-order valence-electron chi connectivity index (χ1n) is 6.21. The van der Waals surface area contributed by atoms with Crippen LogP contribution in [0, 0.1) is 6.92 Å². The number of aromatic nitrogens is 4. The molecule has 0 aliphatic rings. The Morgan fingerprint density at radius 3 is 2.72 bits per heavy atom. The van der Waals surface area contributed by atoms with Crippen LogP contribution in [0.1, 0.15) is 31.7 Å². The van der Waals surface area contributed by atoms with Crippen molar-refractivity contribution in [2.24, 2.45) is 0 Å². The largest absolute Gasteiger partial charge is 0.272 e. The van der Waals surface area contributed by atoms with Crippen LogP contribution in [0.2, 0.25) is 5.15 Å². The molecular formula is C13H17ClN4. The zero-order chi connectivity index (χ0) is 13.1. The van der Waals surface area contributed by atoms with Gasteiger partial charge in [-0.1, -0.05) is 25.4 Å². The van der Waals surface area contributed by atoms with Crippen molar-refractivity contribution in [1.29, 1.82) is 0 Å². The molecule has 2 aromatic heterocycles. The summed E-state index contributed by atoms with van der Waals surface area (Å²) in [7, 11) is 0. The third-order valence-electron chi connectivity index (χ3n) is 2.81. The lowest BCUT2D eigenvalue weighted by Gasteiger charge is -2.06. The van der Waals surface area contributed by atoms with E-state index >= 15 is 0 Å². The van der Waals surface area contributed by atoms with Gasteiger partial charge in [0, 0.05) is 30.3 Å². The van der Waals surface area contributed by atoms with Crippen molar-refractivity contribution in [1.82, 2.24) is 19.7 Å². The van der Waals surface area contributed by atoms with E-state index in [1.807, 2.05) is 30.9 Å². The van der Waals surface area contributed by atoms with Crippen LogP contribution < -0.4 is 0 Å². The molecule has 0 unspecified atom stereocenters. The average molecular weight is 265 g/mol. The van der Waals surface area contributed by atoms with Gasteiger partial charge in [0.25, 0.3) is 0 Å². The fraction of sp³-hybridized carbons (Fsp3) is 0.462. The molecule has 0 aromatic carbocycles. The van der Waals surface area contributed by atoms with Gasteiger partial charge >= 0.3 is 0 Å². The third kappa shape index (κ3) is 2.53. The molecule has 4 nitrogen and oxygen atoms in total. The number of nitrogens with zero attached hydrogens (tertiary/aromatic N) is 4. The Hall–Kier alpha value is -1.42. The van der Waals surface area contributed by atoms with Crippen LogP contribution in [0.4, 0.5) is 0 Å². The maximum absolute atomic E-state index is 6.14. The van der Waals surface area contributed by atoms with Gasteiger partial charge in [-0.25, -0.2) is 9.97 Å². The highest BCUT2D eigenvalue weighted by Gasteiger charge is 2.12. The molecule has 0 N–H and O–H groups in total. The number of hydrogen-bond acceptors (Lipinski definition) is 3. The smallest absolute Gasteiger partial charge is 0.136 e. The van der Waals surface area contributed by atoms with E-state index in [1.165, 1.54) is 0 Å². The first kappa shape index (κ1) is 13.0. The van der Waals surface area contributed by atoms with Crippen LogP contribution in [0.5, 0.6) is 0 Å². The first-order valence-corrected chi connectivity index (χ1v) is 6.59. The fourth-order valence-corrected chi connectivity index (χ4v) is 2.00. The Kier molecular flexibility index (Phi) is 3.97. The standard InChI is InChI=1S/C13H17ClN4/c1-4-6-18-8-10(7-15-18)12-9(3)13(14)17-11(5-2)16-12/h7-8H,4-6H2,1-3H3. The molecule has 2 aromatic rings. The molecule has 0 saturated heterocycles. The summed E-state index contributed by atoms with van der Waals surface area (Å²) in [6.45, 7) is 7.00. The van der Waals surface area contributed by atoms with Gasteiger partial charge in [-0.15, -0.1) is 0 Å². The van der Waals surface area contributed by atoms with Gasteiger partial charge in [0.1, 0.15) is 11.0 Å². The summed E-state index contributed by atoms with van der Waals surface area (Å²) >= 11 is 6.14. The van der Waals surface area contributed by atoms with E-state index in [2.05, 4.69) is 22.0 Å². The van der Waals surface area contributed by atoms with E-state index in [0.717, 1.165) is 42.0 Å². The van der Waals surface area contributed by atoms with Crippen LogP contribution in [0.15, 0.2) is 12.4 Å². The fourth-order valence-electron chi connectivity index (χ4n) is 1.81. The summed E-state index contributed by atoms with van der Waals surface area (Å²) in [5.74, 6) is 0.767. The summed E-state index contributed by atoms with van der Waals surface area (Å²) in [4.78, 5) is 8.79. The lowest BCUT2D eigenvalue weighted by molar-refractivity contribution is 0.603. The van der Waals surface area contributed by atoms with Crippen molar-refractivity contribution in [3.05, 3.63) is 28.9 Å². The van der Waals surface area contributed by atoms with Crippen LogP contribution >= 0.6 is 11.6 Å². The second kappa shape index (κ2) is 5.48. The molecule has 0 aliphatic heterocycles. The van der Waals surface area contributed by atoms with Crippen molar-refractivity contribution in [2.45, 2.75) is 40.2 Å². The van der Waals surface area contributed by atoms with E-state index in [0.29, 0.717) is 5.15 Å². The van der Waals surface area contributed by atoms with E-state index < -0.39 is 0 Å². The minimum Gasteiger partial charge on any atom is -0.272 e. The predicted octanol–water partition coefficient (Wildman–Crippen LogP) is 3.27. The van der Waals surface area contributed by atoms with Gasteiger partial charge in [0.05, 0.1) is 11.9 Å². The molecule has 2 heterocycles. The number of aryl methyl sites for hydroxylation is 2. The van der Waals surface area contributed by atoms with Crippen LogP contribution in [0.3, 0.4) is 0 Å². The van der Waals surface area contributed by atoms with Gasteiger partial charge in [-0.2, -0.15) is 5.10 Å². The molecular weight excluding hydrogens is 248 g/mol. The molecule has 0 radical (unpaired) electrons. The molecule has 0 fully saturated rings. The van der Waals surface area contributed by atoms with E-state index in [9.17, 15) is 0 Å². The maximum atomic E-state index is 6.14. The molecule has 96 valence electrons. The Morgan fingerprint density at radius 2 is 2.06 bits per heavy atom. The van der Waals surface area contributed by atoms with Crippen LogP contribution in [-0.2, 0) is 13.0 Å². The second-order valence-corrected chi connectivity index (χ2v) is 4.61. The number of halogens is 1. The highest BCUT2D eigenvalue weighted by Crippen LogP contribution is 2.25. The lowest BCUT2D eigenvalue weighted by atomic mass is 10.1. The van der Waals surface area contributed by atoms with Crippen LogP contribution in [0.25, 0.3) is 11.3 Å². The van der Waals surface area contributed by atoms with Gasteiger partial charge in [0.2, 0.25) is 0 Å². The summed E-state index contributed by atoms with van der Waals surface area (Å²) in [5.41, 5.74) is 2.79. The lowest BCUT2D eigenvalue weighted by Crippen LogP contribution is -1.99. The van der Waals surface area contributed by atoms with Gasteiger partial charge in [-0.05, 0) is 13.3 Å². The minimum absolute atomic E-state index is 0.528. The molecule has 18 heavy (non-hydrogen) atoms. The van der Waals surface area contributed by atoms with E-state index in [-0.39, 0.29) is 0 Å². The minimum atomic E-state index is 0.528. The molecule has 5 heteroatoms. The zero-order valence-electron chi connectivity index (χ0n) is 10.9. The third-order valence-corrected chi connectivity index (χ3v) is 3.18. The van der Waals surface area contributed by atoms with Crippen molar-refractivity contribution in [3.63, 3.8) is 0 Å². The SMILES string of the molecule is CCCn1cc(-c2nc(CC)nc(Cl)c2C)cn1. The predicted molar refractivity (Wildman–Crippen MR) is 72.7 cm³/mol. The normalized spacial score (nSPS) is 10.9.